The highest BCUT2D eigenvalue weighted by molar-refractivity contribution is 6.37. The molecule has 25 heavy (non-hydrogen) atoms. The van der Waals surface area contributed by atoms with Gasteiger partial charge in [0.05, 0.1) is 27.4 Å². The average molecular weight is 375 g/mol. The van der Waals surface area contributed by atoms with Gasteiger partial charge in [0.15, 0.2) is 5.65 Å². The van der Waals surface area contributed by atoms with E-state index in [-0.39, 0.29) is 5.91 Å². The van der Waals surface area contributed by atoms with E-state index in [9.17, 15) is 4.79 Å². The minimum Gasteiger partial charge on any atom is -0.321 e. The van der Waals surface area contributed by atoms with Crippen LogP contribution in [0.1, 0.15) is 40.5 Å². The number of fused-ring (bicyclic) bond motifs is 1. The molecule has 0 aliphatic heterocycles. The Hall–Kier alpha value is -2.11. The van der Waals surface area contributed by atoms with Gasteiger partial charge in [0.25, 0.3) is 5.91 Å². The Balaban J connectivity index is 1.80. The van der Waals surface area contributed by atoms with Crippen LogP contribution >= 0.6 is 23.2 Å². The maximum atomic E-state index is 13.0. The molecule has 0 atom stereocenters. The molecule has 1 aliphatic rings. The molecule has 7 heteroatoms. The molecule has 128 valence electrons. The molecule has 1 N–H and O–H groups in total. The lowest BCUT2D eigenvalue weighted by Crippen LogP contribution is -2.14. The lowest BCUT2D eigenvalue weighted by atomic mass is 10.1. The van der Waals surface area contributed by atoms with Gasteiger partial charge in [0.1, 0.15) is 0 Å². The van der Waals surface area contributed by atoms with Crippen molar-refractivity contribution in [2.24, 2.45) is 7.05 Å². The van der Waals surface area contributed by atoms with Gasteiger partial charge in [-0.1, -0.05) is 23.2 Å². The predicted molar refractivity (Wildman–Crippen MR) is 99.6 cm³/mol. The van der Waals surface area contributed by atoms with Crippen LogP contribution in [-0.4, -0.2) is 20.7 Å². The summed E-state index contributed by atoms with van der Waals surface area (Å²) in [5, 5.41) is 8.99. The quantitative estimate of drug-likeness (QED) is 0.721. The van der Waals surface area contributed by atoms with E-state index >= 15 is 0 Å². The van der Waals surface area contributed by atoms with Crippen LogP contribution in [0.25, 0.3) is 11.0 Å². The lowest BCUT2D eigenvalue weighted by molar-refractivity contribution is 0.102. The van der Waals surface area contributed by atoms with Crippen molar-refractivity contribution < 1.29 is 4.79 Å². The molecule has 3 aromatic rings. The molecule has 2 aromatic heterocycles. The highest BCUT2D eigenvalue weighted by atomic mass is 35.5. The van der Waals surface area contributed by atoms with Crippen LogP contribution in [-0.2, 0) is 7.05 Å². The molecule has 2 heterocycles. The fourth-order valence-corrected chi connectivity index (χ4v) is 3.47. The standard InChI is InChI=1S/C18H16Cl2N4O/c1-9-16-12(18(25)22-14-6-5-11(19)7-13(14)20)8-15(10-3-4-10)21-17(16)24(2)23-9/h5-8,10H,3-4H2,1-2H3,(H,22,25). The Morgan fingerprint density at radius 1 is 1.28 bits per heavy atom. The first-order valence-electron chi connectivity index (χ1n) is 8.04. The number of carbonyl (C=O) groups excluding carboxylic acids is 1. The van der Waals surface area contributed by atoms with Gasteiger partial charge >= 0.3 is 0 Å². The molecule has 1 saturated carbocycles. The second-order valence-electron chi connectivity index (χ2n) is 6.35. The Morgan fingerprint density at radius 2 is 2.04 bits per heavy atom. The van der Waals surface area contributed by atoms with Gasteiger partial charge in [0.2, 0.25) is 0 Å². The fourth-order valence-electron chi connectivity index (χ4n) is 3.01. The largest absolute Gasteiger partial charge is 0.321 e. The first-order valence-corrected chi connectivity index (χ1v) is 8.80. The Labute approximate surface area is 154 Å². The van der Waals surface area contributed by atoms with Crippen molar-refractivity contribution in [3.05, 3.63) is 51.3 Å². The summed E-state index contributed by atoms with van der Waals surface area (Å²) in [6.07, 6.45) is 2.22. The summed E-state index contributed by atoms with van der Waals surface area (Å²) in [7, 11) is 1.84. The number of hydrogen-bond acceptors (Lipinski definition) is 3. The lowest BCUT2D eigenvalue weighted by Gasteiger charge is -2.10. The van der Waals surface area contributed by atoms with Gasteiger partial charge in [-0.15, -0.1) is 0 Å². The van der Waals surface area contributed by atoms with E-state index in [0.717, 1.165) is 35.3 Å². The topological polar surface area (TPSA) is 59.8 Å². The van der Waals surface area contributed by atoms with Gasteiger partial charge in [-0.25, -0.2) is 4.98 Å². The Morgan fingerprint density at radius 3 is 2.72 bits per heavy atom. The van der Waals surface area contributed by atoms with Crippen LogP contribution in [0, 0.1) is 6.92 Å². The van der Waals surface area contributed by atoms with Gasteiger partial charge in [-0.05, 0) is 44.0 Å². The third kappa shape index (κ3) is 2.98. The molecular weight excluding hydrogens is 359 g/mol. The highest BCUT2D eigenvalue weighted by Gasteiger charge is 2.28. The number of carbonyl (C=O) groups is 1. The number of anilines is 1. The van der Waals surface area contributed by atoms with E-state index in [1.807, 2.05) is 20.0 Å². The monoisotopic (exact) mass is 374 g/mol. The summed E-state index contributed by atoms with van der Waals surface area (Å²) >= 11 is 12.1. The molecule has 0 saturated heterocycles. The van der Waals surface area contributed by atoms with Crippen molar-refractivity contribution in [3.8, 4) is 0 Å². The predicted octanol–water partition coefficient (Wildman–Crippen LogP) is 4.71. The Bertz CT molecular complexity index is 1010. The molecule has 0 bridgehead atoms. The van der Waals surface area contributed by atoms with Gasteiger partial charge in [-0.2, -0.15) is 5.10 Å². The Kier molecular flexibility index (Phi) is 3.93. The third-order valence-electron chi connectivity index (χ3n) is 4.41. The molecule has 0 spiro atoms. The molecule has 0 unspecified atom stereocenters. The fraction of sp³-hybridized carbons (Fsp3) is 0.278. The zero-order valence-electron chi connectivity index (χ0n) is 13.8. The molecule has 1 fully saturated rings. The SMILES string of the molecule is Cc1nn(C)c2nc(C3CC3)cc(C(=O)Nc3ccc(Cl)cc3Cl)c12. The highest BCUT2D eigenvalue weighted by Crippen LogP contribution is 2.40. The molecule has 0 radical (unpaired) electrons. The average Bonchev–Trinajstić information content (AvgIpc) is 3.37. The summed E-state index contributed by atoms with van der Waals surface area (Å²) in [6, 6.07) is 6.87. The number of nitrogens with one attached hydrogen (secondary N) is 1. The minimum atomic E-state index is -0.227. The summed E-state index contributed by atoms with van der Waals surface area (Å²) in [6.45, 7) is 1.88. The van der Waals surface area contributed by atoms with Crippen molar-refractivity contribution in [2.45, 2.75) is 25.7 Å². The van der Waals surface area contributed by atoms with Gasteiger partial charge in [0, 0.05) is 23.7 Å². The maximum Gasteiger partial charge on any atom is 0.256 e. The number of benzene rings is 1. The van der Waals surface area contributed by atoms with Crippen molar-refractivity contribution in [2.75, 3.05) is 5.32 Å². The zero-order valence-corrected chi connectivity index (χ0v) is 15.3. The van der Waals surface area contributed by atoms with Crippen molar-refractivity contribution in [1.82, 2.24) is 14.8 Å². The van der Waals surface area contributed by atoms with E-state index in [1.54, 1.807) is 22.9 Å². The number of aryl methyl sites for hydroxylation is 2. The first kappa shape index (κ1) is 16.4. The maximum absolute atomic E-state index is 13.0. The number of hydrogen-bond donors (Lipinski definition) is 1. The number of pyridine rings is 1. The van der Waals surface area contributed by atoms with E-state index in [0.29, 0.717) is 27.2 Å². The van der Waals surface area contributed by atoms with Gasteiger partial charge in [-0.3, -0.25) is 9.48 Å². The van der Waals surface area contributed by atoms with Crippen molar-refractivity contribution in [1.29, 1.82) is 0 Å². The molecule has 5 nitrogen and oxygen atoms in total. The van der Waals surface area contributed by atoms with Crippen LogP contribution in [0.2, 0.25) is 10.0 Å². The number of amides is 1. The van der Waals surface area contributed by atoms with Gasteiger partial charge < -0.3 is 5.32 Å². The zero-order chi connectivity index (χ0) is 17.7. The van der Waals surface area contributed by atoms with Crippen LogP contribution in [0.4, 0.5) is 5.69 Å². The second kappa shape index (κ2) is 6.00. The first-order chi connectivity index (χ1) is 11.9. The smallest absolute Gasteiger partial charge is 0.256 e. The van der Waals surface area contributed by atoms with E-state index < -0.39 is 0 Å². The number of rotatable bonds is 3. The van der Waals surface area contributed by atoms with E-state index in [2.05, 4.69) is 10.4 Å². The molecule has 4 rings (SSSR count). The van der Waals surface area contributed by atoms with Crippen molar-refractivity contribution in [3.63, 3.8) is 0 Å². The van der Waals surface area contributed by atoms with Crippen LogP contribution in [0.5, 0.6) is 0 Å². The van der Waals surface area contributed by atoms with Crippen LogP contribution < -0.4 is 5.32 Å². The summed E-state index contributed by atoms with van der Waals surface area (Å²) in [5.74, 6) is 0.208. The molecule has 1 aliphatic carbocycles. The summed E-state index contributed by atoms with van der Waals surface area (Å²) in [4.78, 5) is 17.7. The number of nitrogens with zero attached hydrogens (tertiary/aromatic N) is 3. The molecule has 1 amide bonds. The molecular formula is C18H16Cl2N4O. The van der Waals surface area contributed by atoms with E-state index in [4.69, 9.17) is 28.2 Å². The minimum absolute atomic E-state index is 0.227. The normalized spacial score (nSPS) is 14.1. The second-order valence-corrected chi connectivity index (χ2v) is 7.20. The summed E-state index contributed by atoms with van der Waals surface area (Å²) < 4.78 is 1.72. The number of aromatic nitrogens is 3. The van der Waals surface area contributed by atoms with E-state index in [1.165, 1.54) is 0 Å². The van der Waals surface area contributed by atoms with Crippen LogP contribution in [0.3, 0.4) is 0 Å². The van der Waals surface area contributed by atoms with Crippen molar-refractivity contribution >= 4 is 45.8 Å². The van der Waals surface area contributed by atoms with Crippen LogP contribution in [0.15, 0.2) is 24.3 Å². The summed E-state index contributed by atoms with van der Waals surface area (Å²) in [5.41, 5.74) is 3.55. The molecule has 1 aromatic carbocycles. The third-order valence-corrected chi connectivity index (χ3v) is 4.96. The number of halogens is 2.